The number of rotatable bonds is 22. The molecule has 15 rings (SSSR count). The molecule has 0 aromatic heterocycles. The van der Waals surface area contributed by atoms with Crippen molar-refractivity contribution in [1.82, 2.24) is 0 Å². The summed E-state index contributed by atoms with van der Waals surface area (Å²) < 4.78 is 37.8. The molecule has 2 saturated carbocycles. The molecule has 17 heteroatoms. The number of carbonyl (C=O) groups excluding carboxylic acids is 6. The quantitative estimate of drug-likeness (QED) is 0.0272. The number of esters is 6. The first-order valence-corrected chi connectivity index (χ1v) is 44.2. The lowest BCUT2D eigenvalue weighted by Gasteiger charge is -2.46. The molecule has 0 radical (unpaired) electrons. The van der Waals surface area contributed by atoms with Crippen molar-refractivity contribution < 1.29 is 61.9 Å². The molecule has 2 aliphatic carbocycles. The lowest BCUT2D eigenvalue weighted by atomic mass is 9.73. The molecule has 1 saturated heterocycles. The fraction of sp³-hybridized carbons (Fsp3) is 0.228. The highest BCUT2D eigenvalue weighted by molar-refractivity contribution is 7.98. The molecule has 13 nitrogen and oxygen atoms in total. The van der Waals surface area contributed by atoms with Crippen LogP contribution in [-0.4, -0.2) is 61.7 Å². The number of ether oxygens (including phenoxy) is 7. The third-order valence-electron chi connectivity index (χ3n) is 21.9. The first-order valence-electron chi connectivity index (χ1n) is 39.3. The highest BCUT2D eigenvalue weighted by Crippen LogP contribution is 2.92. The minimum atomic E-state index is -1.17. The first kappa shape index (κ1) is 86.0. The fourth-order valence-electron chi connectivity index (χ4n) is 16.3. The van der Waals surface area contributed by atoms with Gasteiger partial charge in [0.1, 0.15) is 28.4 Å². The smallest absolute Gasteiger partial charge is 0.357 e. The largest absolute Gasteiger partial charge is 0.481 e. The molecule has 0 N–H and O–H groups in total. The Morgan fingerprint density at radius 2 is 0.610 bits per heavy atom. The standard InChI is InChI=1S/C31H31O4S.C24H23O4S.C23H23O3S.C23H23O2S/c1-20-18-24(36(22-12-8-6-9-13-22)23-14-10-7-11-15-23)19-21(2)25(20)34-26(32)30-17-16-29(5)28(3,4)31(29,30)27(33)35-30;1-17-14-22(15-18(2)24(17)28-23(26)16-27-19(3)25)29(20-10-6-4-7-11-20)21-12-8-5-9-13-21;1-17-14-21(15-18(2)23(17)26-16-22(24)25-3)27(19-10-6-4-7-11-19)20-12-8-5-9-13-20;1-4-22(24)25-23-17(2)15-21(16-18(23)3)26(19-11-7-5-8-12-19)20-13-9-6-10-14-20/h6-15,18-19H,16-17H2,1-5H3;4-15H,16H2,1-3H3;4-15H,16H2,1-3H3;5-16H,4H2,1-3H3/q4*+1. The minimum absolute atomic E-state index is 0.0827. The minimum Gasteiger partial charge on any atom is -0.481 e. The number of methoxy groups -OCH3 is 1. The van der Waals surface area contributed by atoms with Gasteiger partial charge in [0.25, 0.3) is 0 Å². The van der Waals surface area contributed by atoms with Crippen molar-refractivity contribution in [3.63, 3.8) is 0 Å². The Labute approximate surface area is 705 Å². The molecule has 118 heavy (non-hydrogen) atoms. The molecule has 1 aliphatic heterocycles. The Kier molecular flexibility index (Phi) is 27.7. The van der Waals surface area contributed by atoms with E-state index in [0.717, 1.165) is 61.6 Å². The van der Waals surface area contributed by atoms with Crippen molar-refractivity contribution >= 4 is 79.4 Å². The van der Waals surface area contributed by atoms with Crippen LogP contribution in [0.15, 0.2) is 350 Å². The second-order valence-electron chi connectivity index (χ2n) is 30.0. The summed E-state index contributed by atoms with van der Waals surface area (Å²) in [7, 11) is 0.391. The third-order valence-corrected chi connectivity index (χ3v) is 30.7. The highest BCUT2D eigenvalue weighted by atomic mass is 32.2. The molecule has 12 aromatic carbocycles. The van der Waals surface area contributed by atoms with Crippen molar-refractivity contribution in [2.24, 2.45) is 16.2 Å². The predicted octanol–water partition coefficient (Wildman–Crippen LogP) is 22.0. The Hall–Kier alpha value is -11.3. The van der Waals surface area contributed by atoms with E-state index in [9.17, 15) is 28.8 Å². The van der Waals surface area contributed by atoms with Gasteiger partial charge in [-0.05, 0) is 214 Å². The molecular weight excluding hydrogens is 1550 g/mol. The number of benzene rings is 12. The molecule has 3 atom stereocenters. The van der Waals surface area contributed by atoms with Crippen LogP contribution in [0, 0.1) is 71.6 Å². The summed E-state index contributed by atoms with van der Waals surface area (Å²) in [5.41, 5.74) is 5.10. The van der Waals surface area contributed by atoms with E-state index in [4.69, 9.17) is 28.4 Å². The Bertz CT molecular complexity index is 5310. The summed E-state index contributed by atoms with van der Waals surface area (Å²) in [6, 6.07) is 101. The Morgan fingerprint density at radius 1 is 0.347 bits per heavy atom. The summed E-state index contributed by atoms with van der Waals surface area (Å²) in [4.78, 5) is 87.2. The normalized spacial score (nSPS) is 16.3. The highest BCUT2D eigenvalue weighted by Gasteiger charge is 3.01. The number of hydrogen-bond acceptors (Lipinski definition) is 13. The van der Waals surface area contributed by atoms with Gasteiger partial charge in [0.15, 0.2) is 72.0 Å². The number of carbonyl (C=O) groups is 6. The van der Waals surface area contributed by atoms with E-state index in [-0.39, 0.29) is 78.9 Å². The molecule has 1 heterocycles. The summed E-state index contributed by atoms with van der Waals surface area (Å²) in [5.74, 6) is 0.135. The predicted molar refractivity (Wildman–Crippen MR) is 468 cm³/mol. The van der Waals surface area contributed by atoms with Crippen LogP contribution in [-0.2, 0) is 86.6 Å². The van der Waals surface area contributed by atoms with Gasteiger partial charge in [0.2, 0.25) is 5.60 Å². The van der Waals surface area contributed by atoms with Crippen LogP contribution in [0.5, 0.6) is 23.0 Å². The van der Waals surface area contributed by atoms with Crippen LogP contribution in [0.3, 0.4) is 0 Å². The average Bonchev–Trinajstić information content (AvgIpc) is 1.41. The van der Waals surface area contributed by atoms with Gasteiger partial charge in [-0.1, -0.05) is 173 Å². The summed E-state index contributed by atoms with van der Waals surface area (Å²) in [6.07, 6.45) is 1.69. The summed E-state index contributed by atoms with van der Waals surface area (Å²) in [6.45, 7) is 24.7. The Balaban J connectivity index is 0.000000146. The molecule has 3 aliphatic rings. The molecule has 3 unspecified atom stereocenters. The maximum atomic E-state index is 13.7. The lowest BCUT2D eigenvalue weighted by Crippen LogP contribution is -2.66. The van der Waals surface area contributed by atoms with Gasteiger partial charge < -0.3 is 33.2 Å². The molecule has 3 fully saturated rings. The van der Waals surface area contributed by atoms with Crippen molar-refractivity contribution in [3.8, 4) is 23.0 Å². The van der Waals surface area contributed by atoms with Crippen LogP contribution in [0.4, 0.5) is 0 Å². The zero-order valence-corrected chi connectivity index (χ0v) is 72.5. The van der Waals surface area contributed by atoms with Crippen molar-refractivity contribution in [3.05, 3.63) is 336 Å². The van der Waals surface area contributed by atoms with Crippen LogP contribution in [0.2, 0.25) is 0 Å². The second kappa shape index (κ2) is 37.9. The molecule has 0 amide bonds. The summed E-state index contributed by atoms with van der Waals surface area (Å²) in [5, 5.41) is 0. The van der Waals surface area contributed by atoms with E-state index in [2.05, 4.69) is 244 Å². The molecule has 0 bridgehead atoms. The van der Waals surface area contributed by atoms with Crippen LogP contribution < -0.4 is 18.9 Å². The number of aryl methyl sites for hydroxylation is 8. The maximum absolute atomic E-state index is 13.7. The zero-order valence-electron chi connectivity index (χ0n) is 69.2. The Morgan fingerprint density at radius 3 is 0.856 bits per heavy atom. The van der Waals surface area contributed by atoms with Crippen LogP contribution in [0.1, 0.15) is 98.4 Å². The monoisotopic (exact) mass is 1650 g/mol. The van der Waals surface area contributed by atoms with Gasteiger partial charge in [0.05, 0.1) is 50.7 Å². The van der Waals surface area contributed by atoms with Gasteiger partial charge in [0, 0.05) is 68.3 Å². The van der Waals surface area contributed by atoms with Crippen LogP contribution >= 0.6 is 0 Å². The number of hydrogen-bond donors (Lipinski definition) is 0. The zero-order chi connectivity index (χ0) is 84.1. The summed E-state index contributed by atoms with van der Waals surface area (Å²) >= 11 is 0. The fourth-order valence-corrected chi connectivity index (χ4v) is 25.3. The van der Waals surface area contributed by atoms with Crippen molar-refractivity contribution in [2.45, 2.75) is 174 Å². The van der Waals surface area contributed by atoms with Gasteiger partial charge in [-0.3, -0.25) is 14.4 Å². The van der Waals surface area contributed by atoms with E-state index in [0.29, 0.717) is 30.1 Å². The van der Waals surface area contributed by atoms with Gasteiger partial charge in [-0.25, -0.2) is 14.4 Å². The van der Waals surface area contributed by atoms with E-state index in [1.54, 1.807) is 0 Å². The average molecular weight is 1650 g/mol. The van der Waals surface area contributed by atoms with Crippen molar-refractivity contribution in [1.29, 1.82) is 0 Å². The maximum Gasteiger partial charge on any atom is 0.357 e. The van der Waals surface area contributed by atoms with Crippen LogP contribution in [0.25, 0.3) is 0 Å². The van der Waals surface area contributed by atoms with Gasteiger partial charge in [-0.15, -0.1) is 0 Å². The van der Waals surface area contributed by atoms with Gasteiger partial charge in [-0.2, -0.15) is 0 Å². The van der Waals surface area contributed by atoms with E-state index in [1.165, 1.54) is 67.9 Å². The SMILES string of the molecule is CC(=O)OCC(=O)Oc1c(C)cc([S+](c2ccccc2)c2ccccc2)cc1C.CCC(=O)Oc1c(C)cc([S+](c2ccccc2)c2ccccc2)cc1C.COC(=O)COc1c(C)cc([S+](c2ccccc2)c2ccccc2)cc1C.Cc1cc([S+](c2ccccc2)c2ccccc2)cc(C)c1OC(=O)C12CCC3(C)C(C)(C)C13C(=O)O2. The molecule has 1 spiro atoms. The molecule has 602 valence electrons. The van der Waals surface area contributed by atoms with E-state index < -0.39 is 35.5 Å². The van der Waals surface area contributed by atoms with E-state index >= 15 is 0 Å². The third kappa shape index (κ3) is 18.2. The second-order valence-corrected chi connectivity index (χ2v) is 38.1. The first-order chi connectivity index (χ1) is 56.8. The van der Waals surface area contributed by atoms with Gasteiger partial charge >= 0.3 is 35.8 Å². The topological polar surface area (TPSA) is 167 Å². The lowest BCUT2D eigenvalue weighted by molar-refractivity contribution is -0.230. The van der Waals surface area contributed by atoms with Crippen molar-refractivity contribution in [2.75, 3.05) is 20.3 Å². The molecular formula is C101H100O13S4+4. The molecule has 12 aromatic rings. The van der Waals surface area contributed by atoms with E-state index in [1.807, 2.05) is 135 Å².